The summed E-state index contributed by atoms with van der Waals surface area (Å²) in [6.45, 7) is 0.957. The van der Waals surface area contributed by atoms with E-state index in [0.717, 1.165) is 43.7 Å². The Balaban J connectivity index is 0.000000412. The highest BCUT2D eigenvalue weighted by Crippen LogP contribution is 2.26. The zero-order valence-electron chi connectivity index (χ0n) is 16.4. The van der Waals surface area contributed by atoms with Gasteiger partial charge in [-0.2, -0.15) is 0 Å². The van der Waals surface area contributed by atoms with Crippen LogP contribution in [0.5, 0.6) is 0 Å². The van der Waals surface area contributed by atoms with Crippen molar-refractivity contribution < 1.29 is 44.4 Å². The number of hydrogen-bond donors (Lipinski definition) is 4. The molecule has 0 radical (unpaired) electrons. The summed E-state index contributed by atoms with van der Waals surface area (Å²) in [7, 11) is 1.84. The highest BCUT2D eigenvalue weighted by atomic mass is 16.4. The lowest BCUT2D eigenvalue weighted by Crippen LogP contribution is -2.17. The van der Waals surface area contributed by atoms with Gasteiger partial charge in [-0.3, -0.25) is 4.79 Å². The van der Waals surface area contributed by atoms with Crippen LogP contribution in [0.4, 0.5) is 0 Å². The number of rotatable bonds is 5. The molecule has 0 unspecified atom stereocenters. The van der Waals surface area contributed by atoms with Crippen LogP contribution in [0.2, 0.25) is 0 Å². The van der Waals surface area contributed by atoms with Crippen LogP contribution in [0.1, 0.15) is 54.3 Å². The standard InChI is InChI=1S/C16H10O8.C5H9NO/c17-13(18)9-3-1-7(5-11(9)15(21)22)8-2-4-10(14(19)20)12(6-8)16(23)24;1-6-4-2-3-5(6)7/h1-6H,(H,17,18)(H,19,20)(H,21,22)(H,23,24);2-4H2,1H3. The molecule has 1 aliphatic rings. The van der Waals surface area contributed by atoms with Gasteiger partial charge in [-0.05, 0) is 41.8 Å². The van der Waals surface area contributed by atoms with Gasteiger partial charge in [0.25, 0.3) is 0 Å². The molecule has 1 amide bonds. The zero-order valence-corrected chi connectivity index (χ0v) is 16.4. The van der Waals surface area contributed by atoms with E-state index < -0.39 is 46.1 Å². The smallest absolute Gasteiger partial charge is 0.336 e. The Bertz CT molecular complexity index is 1000. The Kier molecular flexibility index (Phi) is 7.09. The van der Waals surface area contributed by atoms with Crippen molar-refractivity contribution in [2.75, 3.05) is 13.6 Å². The highest BCUT2D eigenvalue weighted by Gasteiger charge is 2.20. The van der Waals surface area contributed by atoms with Gasteiger partial charge in [0, 0.05) is 20.0 Å². The maximum atomic E-state index is 11.2. The summed E-state index contributed by atoms with van der Waals surface area (Å²) in [5.74, 6) is -5.43. The molecule has 0 atom stereocenters. The molecule has 1 saturated heterocycles. The number of aromatic carboxylic acids is 4. The Labute approximate surface area is 176 Å². The Hall–Kier alpha value is -4.21. The van der Waals surface area contributed by atoms with E-state index in [-0.39, 0.29) is 11.1 Å². The summed E-state index contributed by atoms with van der Waals surface area (Å²) in [6.07, 6.45) is 1.81. The normalized spacial score (nSPS) is 12.7. The van der Waals surface area contributed by atoms with Crippen molar-refractivity contribution in [3.63, 3.8) is 0 Å². The lowest BCUT2D eigenvalue weighted by atomic mass is 9.96. The lowest BCUT2D eigenvalue weighted by Gasteiger charge is -2.09. The summed E-state index contributed by atoms with van der Waals surface area (Å²) in [5.41, 5.74) is -1.24. The molecule has 0 spiro atoms. The van der Waals surface area contributed by atoms with Crippen molar-refractivity contribution in [3.05, 3.63) is 58.7 Å². The number of likely N-dealkylation sites (tertiary alicyclic amines) is 1. The maximum absolute atomic E-state index is 11.2. The second-order valence-corrected chi connectivity index (χ2v) is 6.66. The molecule has 1 fully saturated rings. The summed E-state index contributed by atoms with van der Waals surface area (Å²) >= 11 is 0. The monoisotopic (exact) mass is 429 g/mol. The number of carbonyl (C=O) groups is 5. The molecule has 4 N–H and O–H groups in total. The molecular weight excluding hydrogens is 410 g/mol. The van der Waals surface area contributed by atoms with Crippen LogP contribution in [0.15, 0.2) is 36.4 Å². The van der Waals surface area contributed by atoms with Crippen LogP contribution in [0.3, 0.4) is 0 Å². The molecule has 0 aliphatic carbocycles. The molecular formula is C21H19NO9. The second-order valence-electron chi connectivity index (χ2n) is 6.66. The van der Waals surface area contributed by atoms with Gasteiger partial charge in [-0.1, -0.05) is 12.1 Å². The number of hydrogen-bond acceptors (Lipinski definition) is 5. The third-order valence-electron chi connectivity index (χ3n) is 4.60. The predicted octanol–water partition coefficient (Wildman–Crippen LogP) is 2.38. The maximum Gasteiger partial charge on any atom is 0.336 e. The molecule has 0 bridgehead atoms. The third kappa shape index (κ3) is 5.44. The molecule has 2 aromatic carbocycles. The van der Waals surface area contributed by atoms with Gasteiger partial charge < -0.3 is 25.3 Å². The van der Waals surface area contributed by atoms with Crippen molar-refractivity contribution in [2.45, 2.75) is 12.8 Å². The average molecular weight is 429 g/mol. The van der Waals surface area contributed by atoms with Crippen LogP contribution in [-0.4, -0.2) is 68.7 Å². The molecule has 162 valence electrons. The van der Waals surface area contributed by atoms with Gasteiger partial charge in [0.15, 0.2) is 0 Å². The first-order valence-corrected chi connectivity index (χ1v) is 8.98. The van der Waals surface area contributed by atoms with Crippen LogP contribution in [0, 0.1) is 0 Å². The van der Waals surface area contributed by atoms with Crippen LogP contribution in [0.25, 0.3) is 11.1 Å². The van der Waals surface area contributed by atoms with E-state index in [4.69, 9.17) is 20.4 Å². The molecule has 31 heavy (non-hydrogen) atoms. The van der Waals surface area contributed by atoms with Crippen molar-refractivity contribution in [1.29, 1.82) is 0 Å². The van der Waals surface area contributed by atoms with Gasteiger partial charge in [-0.25, -0.2) is 19.2 Å². The van der Waals surface area contributed by atoms with Crippen molar-refractivity contribution in [2.24, 2.45) is 0 Å². The van der Waals surface area contributed by atoms with Crippen LogP contribution in [-0.2, 0) is 4.79 Å². The van der Waals surface area contributed by atoms with Gasteiger partial charge in [0.05, 0.1) is 22.3 Å². The Morgan fingerprint density at radius 1 is 0.710 bits per heavy atom. The van der Waals surface area contributed by atoms with Gasteiger partial charge >= 0.3 is 23.9 Å². The van der Waals surface area contributed by atoms with Crippen LogP contribution >= 0.6 is 0 Å². The fourth-order valence-corrected chi connectivity index (χ4v) is 2.96. The second kappa shape index (κ2) is 9.53. The summed E-state index contributed by atoms with van der Waals surface area (Å²) in [5, 5.41) is 36.2. The minimum Gasteiger partial charge on any atom is -0.478 e. The number of carboxylic acid groups (broad SMARTS) is 4. The molecule has 2 aromatic rings. The third-order valence-corrected chi connectivity index (χ3v) is 4.60. The fourth-order valence-electron chi connectivity index (χ4n) is 2.96. The molecule has 3 rings (SSSR count). The van der Waals surface area contributed by atoms with E-state index in [2.05, 4.69) is 0 Å². The minimum atomic E-state index is -1.45. The summed E-state index contributed by atoms with van der Waals surface area (Å²) in [4.78, 5) is 56.7. The zero-order chi connectivity index (χ0) is 23.3. The topological polar surface area (TPSA) is 170 Å². The van der Waals surface area contributed by atoms with E-state index in [1.165, 1.54) is 12.1 Å². The van der Waals surface area contributed by atoms with E-state index in [1.807, 2.05) is 7.05 Å². The summed E-state index contributed by atoms with van der Waals surface area (Å²) in [6, 6.07) is 6.99. The fraction of sp³-hybridized carbons (Fsp3) is 0.190. The molecule has 0 aromatic heterocycles. The Morgan fingerprint density at radius 3 is 1.32 bits per heavy atom. The first kappa shape index (κ1) is 23.1. The number of carboxylic acids is 4. The SMILES string of the molecule is CN1CCCC1=O.O=C(O)c1ccc(-c2ccc(C(=O)O)c(C(=O)O)c2)cc1C(=O)O. The van der Waals surface area contributed by atoms with Gasteiger partial charge in [-0.15, -0.1) is 0 Å². The molecule has 10 nitrogen and oxygen atoms in total. The first-order valence-electron chi connectivity index (χ1n) is 8.98. The molecule has 10 heteroatoms. The van der Waals surface area contributed by atoms with Crippen molar-refractivity contribution >= 4 is 29.8 Å². The lowest BCUT2D eigenvalue weighted by molar-refractivity contribution is -0.126. The average Bonchev–Trinajstić information content (AvgIpc) is 3.09. The van der Waals surface area contributed by atoms with Crippen molar-refractivity contribution in [1.82, 2.24) is 4.90 Å². The Morgan fingerprint density at radius 2 is 1.10 bits per heavy atom. The van der Waals surface area contributed by atoms with E-state index in [1.54, 1.807) is 4.90 Å². The minimum absolute atomic E-state index is 0.247. The number of carbonyl (C=O) groups excluding carboxylic acids is 1. The molecule has 1 heterocycles. The summed E-state index contributed by atoms with van der Waals surface area (Å²) < 4.78 is 0. The van der Waals surface area contributed by atoms with E-state index in [9.17, 15) is 24.0 Å². The van der Waals surface area contributed by atoms with Gasteiger partial charge in [0.2, 0.25) is 5.91 Å². The first-order chi connectivity index (χ1) is 14.5. The highest BCUT2D eigenvalue weighted by molar-refractivity contribution is 6.04. The van der Waals surface area contributed by atoms with Crippen LogP contribution < -0.4 is 0 Å². The van der Waals surface area contributed by atoms with Crippen molar-refractivity contribution in [3.8, 4) is 11.1 Å². The largest absolute Gasteiger partial charge is 0.478 e. The van der Waals surface area contributed by atoms with E-state index in [0.29, 0.717) is 5.91 Å². The number of benzene rings is 2. The number of amides is 1. The quantitative estimate of drug-likeness (QED) is 0.557. The molecule has 0 saturated carbocycles. The molecule has 1 aliphatic heterocycles. The predicted molar refractivity (Wildman–Crippen MR) is 107 cm³/mol. The number of nitrogens with zero attached hydrogens (tertiary/aromatic N) is 1. The van der Waals surface area contributed by atoms with Gasteiger partial charge in [0.1, 0.15) is 0 Å². The van der Waals surface area contributed by atoms with E-state index >= 15 is 0 Å².